The number of pyridine rings is 1. The van der Waals surface area contributed by atoms with Gasteiger partial charge >= 0.3 is 0 Å². The molecule has 0 aliphatic heterocycles. The highest BCUT2D eigenvalue weighted by Crippen LogP contribution is 2.35. The minimum atomic E-state index is 0.655. The normalized spacial score (nSPS) is 16.4. The molecule has 3 heterocycles. The van der Waals surface area contributed by atoms with Crippen molar-refractivity contribution >= 4 is 17.0 Å². The second-order valence-electron chi connectivity index (χ2n) is 6.52. The highest BCUT2D eigenvalue weighted by Gasteiger charge is 2.23. The van der Waals surface area contributed by atoms with E-state index < -0.39 is 0 Å². The Morgan fingerprint density at radius 2 is 2.05 bits per heavy atom. The van der Waals surface area contributed by atoms with E-state index >= 15 is 0 Å². The van der Waals surface area contributed by atoms with Gasteiger partial charge in [0, 0.05) is 18.5 Å². The first-order valence-corrected chi connectivity index (χ1v) is 9.24. The summed E-state index contributed by atoms with van der Waals surface area (Å²) < 4.78 is 2.33. The Morgan fingerprint density at radius 1 is 1.18 bits per heavy atom. The number of aryl methyl sites for hydroxylation is 1. The zero-order valence-corrected chi connectivity index (χ0v) is 13.9. The molecule has 0 saturated heterocycles. The molecule has 1 saturated carbocycles. The molecule has 114 valence electrons. The van der Waals surface area contributed by atoms with Crippen LogP contribution in [0.2, 0.25) is 0 Å². The number of aromatic nitrogens is 2. The van der Waals surface area contributed by atoms with Crippen LogP contribution < -0.4 is 0 Å². The summed E-state index contributed by atoms with van der Waals surface area (Å²) in [6.07, 6.45) is 9.96. The molecule has 1 aliphatic carbocycles. The van der Waals surface area contributed by atoms with E-state index in [-0.39, 0.29) is 0 Å². The number of hydrogen-bond donors (Lipinski definition) is 0. The average molecular weight is 310 g/mol. The molecule has 0 atom stereocenters. The van der Waals surface area contributed by atoms with Crippen LogP contribution in [0.5, 0.6) is 0 Å². The highest BCUT2D eigenvalue weighted by molar-refractivity contribution is 7.07. The molecule has 0 N–H and O–H groups in total. The SMILES string of the molecule is Cc1ccc2nc(C3CCCCC3)c(Cc3ccsc3)n2c1. The largest absolute Gasteiger partial charge is 0.303 e. The van der Waals surface area contributed by atoms with Gasteiger partial charge in [-0.15, -0.1) is 0 Å². The van der Waals surface area contributed by atoms with Crippen molar-refractivity contribution in [3.8, 4) is 0 Å². The number of thiophene rings is 1. The van der Waals surface area contributed by atoms with E-state index in [0.29, 0.717) is 5.92 Å². The van der Waals surface area contributed by atoms with Crippen LogP contribution in [0, 0.1) is 6.92 Å². The van der Waals surface area contributed by atoms with Crippen LogP contribution in [0.15, 0.2) is 35.2 Å². The summed E-state index contributed by atoms with van der Waals surface area (Å²) in [4.78, 5) is 5.02. The van der Waals surface area contributed by atoms with E-state index in [1.54, 1.807) is 11.3 Å². The predicted molar refractivity (Wildman–Crippen MR) is 92.9 cm³/mol. The monoisotopic (exact) mass is 310 g/mol. The van der Waals surface area contributed by atoms with Crippen molar-refractivity contribution in [3.05, 3.63) is 57.7 Å². The second-order valence-corrected chi connectivity index (χ2v) is 7.30. The number of hydrogen-bond acceptors (Lipinski definition) is 2. The van der Waals surface area contributed by atoms with Crippen LogP contribution in [0.1, 0.15) is 60.5 Å². The maximum Gasteiger partial charge on any atom is 0.137 e. The molecular weight excluding hydrogens is 288 g/mol. The summed E-state index contributed by atoms with van der Waals surface area (Å²) in [5, 5.41) is 4.43. The summed E-state index contributed by atoms with van der Waals surface area (Å²) in [6, 6.07) is 6.57. The zero-order valence-electron chi connectivity index (χ0n) is 13.1. The van der Waals surface area contributed by atoms with Crippen LogP contribution >= 0.6 is 11.3 Å². The summed E-state index contributed by atoms with van der Waals surface area (Å²) in [6.45, 7) is 2.16. The van der Waals surface area contributed by atoms with Crippen molar-refractivity contribution in [2.24, 2.45) is 0 Å². The molecule has 4 rings (SSSR count). The molecule has 2 nitrogen and oxygen atoms in total. The summed E-state index contributed by atoms with van der Waals surface area (Å²) in [7, 11) is 0. The van der Waals surface area contributed by atoms with Crippen molar-refractivity contribution in [2.75, 3.05) is 0 Å². The Bertz CT molecular complexity index is 764. The molecule has 3 heteroatoms. The van der Waals surface area contributed by atoms with Gasteiger partial charge in [0.2, 0.25) is 0 Å². The highest BCUT2D eigenvalue weighted by atomic mass is 32.1. The van der Waals surface area contributed by atoms with E-state index in [1.165, 1.54) is 54.6 Å². The van der Waals surface area contributed by atoms with Crippen molar-refractivity contribution < 1.29 is 0 Å². The Balaban J connectivity index is 1.82. The van der Waals surface area contributed by atoms with Gasteiger partial charge in [-0.3, -0.25) is 0 Å². The van der Waals surface area contributed by atoms with Crippen LogP contribution in [0.25, 0.3) is 5.65 Å². The molecule has 0 amide bonds. The molecule has 1 fully saturated rings. The lowest BCUT2D eigenvalue weighted by Crippen LogP contribution is -2.08. The van der Waals surface area contributed by atoms with Crippen molar-refractivity contribution in [2.45, 2.75) is 51.4 Å². The minimum absolute atomic E-state index is 0.655. The molecule has 0 radical (unpaired) electrons. The van der Waals surface area contributed by atoms with Gasteiger partial charge in [-0.2, -0.15) is 11.3 Å². The Hall–Kier alpha value is -1.61. The number of nitrogens with zero attached hydrogens (tertiary/aromatic N) is 2. The molecule has 3 aromatic heterocycles. The van der Waals surface area contributed by atoms with Gasteiger partial charge in [0.1, 0.15) is 5.65 Å². The Labute approximate surface area is 135 Å². The fourth-order valence-corrected chi connectivity index (χ4v) is 4.35. The standard InChI is InChI=1S/C19H22N2S/c1-14-7-8-18-20-19(16-5-3-2-4-6-16)17(21(18)12-14)11-15-9-10-22-13-15/h7-10,12-13,16H,2-6,11H2,1H3. The van der Waals surface area contributed by atoms with Gasteiger partial charge in [-0.1, -0.05) is 25.3 Å². The fraction of sp³-hybridized carbons (Fsp3) is 0.421. The molecule has 0 spiro atoms. The van der Waals surface area contributed by atoms with Gasteiger partial charge in [0.15, 0.2) is 0 Å². The lowest BCUT2D eigenvalue weighted by atomic mass is 9.85. The molecule has 1 aliphatic rings. The lowest BCUT2D eigenvalue weighted by Gasteiger charge is -2.21. The van der Waals surface area contributed by atoms with E-state index in [4.69, 9.17) is 4.98 Å². The zero-order chi connectivity index (χ0) is 14.9. The predicted octanol–water partition coefficient (Wildman–Crippen LogP) is 5.34. The molecule has 0 unspecified atom stereocenters. The number of imidazole rings is 1. The quantitative estimate of drug-likeness (QED) is 0.638. The maximum absolute atomic E-state index is 5.02. The third kappa shape index (κ3) is 2.58. The van der Waals surface area contributed by atoms with E-state index in [9.17, 15) is 0 Å². The molecule has 3 aromatic rings. The first kappa shape index (κ1) is 14.0. The third-order valence-corrected chi connectivity index (χ3v) is 5.57. The molecular formula is C19H22N2S. The summed E-state index contributed by atoms with van der Waals surface area (Å²) in [5.41, 5.74) is 6.58. The third-order valence-electron chi connectivity index (χ3n) is 4.84. The van der Waals surface area contributed by atoms with Gasteiger partial charge in [0.25, 0.3) is 0 Å². The average Bonchev–Trinajstić information content (AvgIpc) is 3.17. The topological polar surface area (TPSA) is 17.3 Å². The van der Waals surface area contributed by atoms with Gasteiger partial charge in [-0.25, -0.2) is 4.98 Å². The lowest BCUT2D eigenvalue weighted by molar-refractivity contribution is 0.436. The number of fused-ring (bicyclic) bond motifs is 1. The summed E-state index contributed by atoms with van der Waals surface area (Å²) >= 11 is 1.78. The van der Waals surface area contributed by atoms with Gasteiger partial charge in [0.05, 0.1) is 11.4 Å². The first-order chi connectivity index (χ1) is 10.8. The smallest absolute Gasteiger partial charge is 0.137 e. The fourth-order valence-electron chi connectivity index (χ4n) is 3.68. The second kappa shape index (κ2) is 5.88. The first-order valence-electron chi connectivity index (χ1n) is 8.30. The van der Waals surface area contributed by atoms with Crippen molar-refractivity contribution in [1.82, 2.24) is 9.38 Å². The van der Waals surface area contributed by atoms with Crippen LogP contribution in [0.4, 0.5) is 0 Å². The number of rotatable bonds is 3. The minimum Gasteiger partial charge on any atom is -0.303 e. The maximum atomic E-state index is 5.02. The van der Waals surface area contributed by atoms with Crippen molar-refractivity contribution in [3.63, 3.8) is 0 Å². The summed E-state index contributed by atoms with van der Waals surface area (Å²) in [5.74, 6) is 0.655. The van der Waals surface area contributed by atoms with Crippen LogP contribution in [-0.2, 0) is 6.42 Å². The Kier molecular flexibility index (Phi) is 3.75. The van der Waals surface area contributed by atoms with Gasteiger partial charge in [-0.05, 0) is 53.8 Å². The molecule has 0 bridgehead atoms. The van der Waals surface area contributed by atoms with E-state index in [2.05, 4.69) is 46.5 Å². The van der Waals surface area contributed by atoms with Crippen LogP contribution in [-0.4, -0.2) is 9.38 Å². The Morgan fingerprint density at radius 3 is 2.82 bits per heavy atom. The van der Waals surface area contributed by atoms with Crippen molar-refractivity contribution in [1.29, 1.82) is 0 Å². The van der Waals surface area contributed by atoms with Gasteiger partial charge < -0.3 is 4.40 Å². The molecule has 0 aromatic carbocycles. The van der Waals surface area contributed by atoms with E-state index in [1.807, 2.05) is 0 Å². The molecule has 22 heavy (non-hydrogen) atoms. The van der Waals surface area contributed by atoms with Crippen LogP contribution in [0.3, 0.4) is 0 Å². The van der Waals surface area contributed by atoms with E-state index in [0.717, 1.165) is 12.1 Å².